The number of amides is 4. The molecule has 6 atom stereocenters. The summed E-state index contributed by atoms with van der Waals surface area (Å²) in [6.07, 6.45) is -1.36. The predicted molar refractivity (Wildman–Crippen MR) is 102 cm³/mol. The molecule has 0 aliphatic rings. The molecule has 4 amide bonds. The van der Waals surface area contributed by atoms with Crippen LogP contribution >= 0.6 is 0 Å². The van der Waals surface area contributed by atoms with Gasteiger partial charge in [-0.3, -0.25) is 24.0 Å². The molecule has 0 saturated heterocycles. The third kappa shape index (κ3) is 8.87. The second-order valence-electron chi connectivity index (χ2n) is 6.94. The number of aliphatic hydroxyl groups is 1. The van der Waals surface area contributed by atoms with Gasteiger partial charge in [-0.1, -0.05) is 20.3 Å². The summed E-state index contributed by atoms with van der Waals surface area (Å²) < 4.78 is 0. The van der Waals surface area contributed by atoms with Crippen LogP contribution in [0.4, 0.5) is 0 Å². The number of carbonyl (C=O) groups is 5. The minimum absolute atomic E-state index is 0.194. The lowest BCUT2D eigenvalue weighted by molar-refractivity contribution is -0.142. The van der Waals surface area contributed by atoms with Gasteiger partial charge in [0.05, 0.1) is 18.6 Å². The smallest absolute Gasteiger partial charge is 0.325 e. The van der Waals surface area contributed by atoms with E-state index in [1.54, 1.807) is 6.92 Å². The third-order valence-electron chi connectivity index (χ3n) is 4.39. The molecule has 6 unspecified atom stereocenters. The van der Waals surface area contributed by atoms with Crippen LogP contribution in [-0.2, 0) is 24.0 Å². The van der Waals surface area contributed by atoms with Gasteiger partial charge in [-0.05, 0) is 19.8 Å². The Kier molecular flexibility index (Phi) is 10.8. The van der Waals surface area contributed by atoms with Crippen molar-refractivity contribution in [1.82, 2.24) is 16.0 Å². The Morgan fingerprint density at radius 2 is 1.48 bits per heavy atom. The van der Waals surface area contributed by atoms with Crippen LogP contribution in [0.25, 0.3) is 0 Å². The highest BCUT2D eigenvalue weighted by atomic mass is 16.4. The molecule has 0 rings (SSSR count). The Morgan fingerprint density at radius 3 is 1.90 bits per heavy atom. The van der Waals surface area contributed by atoms with E-state index >= 15 is 0 Å². The average molecular weight is 417 g/mol. The maximum absolute atomic E-state index is 12.5. The Hall–Kier alpha value is -2.73. The highest BCUT2D eigenvalue weighted by Crippen LogP contribution is 2.06. The second kappa shape index (κ2) is 12.0. The summed E-state index contributed by atoms with van der Waals surface area (Å²) >= 11 is 0. The molecule has 0 radical (unpaired) electrons. The zero-order valence-corrected chi connectivity index (χ0v) is 17.0. The summed E-state index contributed by atoms with van der Waals surface area (Å²) in [6, 6.07) is -5.16. The molecule has 12 heteroatoms. The standard InChI is InChI=1S/C17H31N5O7/c1-5-7(2)12(19)15(26)21-10(6-11(18)24)14(25)22-13(9(4)23)16(27)20-8(3)17(28)29/h7-10,12-13,23H,5-6,19H2,1-4H3,(H2,18,24)(H,20,27)(H,21,26)(H,22,25)(H,28,29). The van der Waals surface area contributed by atoms with E-state index in [1.807, 2.05) is 6.92 Å². The number of carbonyl (C=O) groups excluding carboxylic acids is 4. The van der Waals surface area contributed by atoms with Gasteiger partial charge in [0.15, 0.2) is 0 Å². The topological polar surface area (TPSA) is 214 Å². The average Bonchev–Trinajstić information content (AvgIpc) is 2.62. The molecule has 0 aromatic rings. The number of aliphatic carboxylic acids is 1. The van der Waals surface area contributed by atoms with Gasteiger partial charge in [0, 0.05) is 0 Å². The largest absolute Gasteiger partial charge is 0.480 e. The molecular weight excluding hydrogens is 386 g/mol. The maximum atomic E-state index is 12.5. The molecule has 12 nitrogen and oxygen atoms in total. The van der Waals surface area contributed by atoms with Crippen molar-refractivity contribution >= 4 is 29.6 Å². The number of aliphatic hydroxyl groups excluding tert-OH is 1. The summed E-state index contributed by atoms with van der Waals surface area (Å²) in [7, 11) is 0. The number of hydrogen-bond donors (Lipinski definition) is 7. The van der Waals surface area contributed by atoms with Crippen LogP contribution in [0.15, 0.2) is 0 Å². The maximum Gasteiger partial charge on any atom is 0.325 e. The zero-order valence-electron chi connectivity index (χ0n) is 17.0. The molecule has 0 heterocycles. The van der Waals surface area contributed by atoms with Crippen LogP contribution in [0.3, 0.4) is 0 Å². The van der Waals surface area contributed by atoms with Gasteiger partial charge >= 0.3 is 5.97 Å². The van der Waals surface area contributed by atoms with Crippen LogP contribution in [0.5, 0.6) is 0 Å². The predicted octanol–water partition coefficient (Wildman–Crippen LogP) is -2.83. The summed E-state index contributed by atoms with van der Waals surface area (Å²) in [6.45, 7) is 5.98. The Labute approximate surface area is 168 Å². The van der Waals surface area contributed by atoms with E-state index in [9.17, 15) is 29.1 Å². The van der Waals surface area contributed by atoms with Crippen molar-refractivity contribution < 1.29 is 34.2 Å². The fraction of sp³-hybridized carbons (Fsp3) is 0.706. The number of carboxylic acid groups (broad SMARTS) is 1. The molecule has 166 valence electrons. The van der Waals surface area contributed by atoms with Gasteiger partial charge in [-0.15, -0.1) is 0 Å². The number of rotatable bonds is 12. The number of nitrogens with two attached hydrogens (primary N) is 2. The van der Waals surface area contributed by atoms with Gasteiger partial charge in [-0.25, -0.2) is 0 Å². The van der Waals surface area contributed by atoms with Crippen LogP contribution in [0.2, 0.25) is 0 Å². The Bertz CT molecular complexity index is 625. The molecule has 29 heavy (non-hydrogen) atoms. The monoisotopic (exact) mass is 417 g/mol. The quantitative estimate of drug-likeness (QED) is 0.175. The van der Waals surface area contributed by atoms with Crippen molar-refractivity contribution in [2.45, 2.75) is 70.8 Å². The number of nitrogens with one attached hydrogen (secondary N) is 3. The van der Waals surface area contributed by atoms with Gasteiger partial charge < -0.3 is 37.6 Å². The first-order valence-corrected chi connectivity index (χ1v) is 9.17. The van der Waals surface area contributed by atoms with Crippen molar-refractivity contribution in [3.8, 4) is 0 Å². The molecule has 0 aliphatic carbocycles. The molecule has 0 aromatic heterocycles. The van der Waals surface area contributed by atoms with E-state index in [0.717, 1.165) is 0 Å². The molecule has 0 fully saturated rings. The summed E-state index contributed by atoms with van der Waals surface area (Å²) in [4.78, 5) is 59.1. The van der Waals surface area contributed by atoms with E-state index in [1.165, 1.54) is 13.8 Å². The molecule has 0 aromatic carbocycles. The molecule has 9 N–H and O–H groups in total. The van der Waals surface area contributed by atoms with E-state index in [0.29, 0.717) is 6.42 Å². The summed E-state index contributed by atoms with van der Waals surface area (Å²) in [5.41, 5.74) is 10.9. The van der Waals surface area contributed by atoms with E-state index in [-0.39, 0.29) is 5.92 Å². The van der Waals surface area contributed by atoms with E-state index < -0.39 is 66.3 Å². The van der Waals surface area contributed by atoms with Crippen LogP contribution < -0.4 is 27.4 Å². The van der Waals surface area contributed by atoms with Crippen molar-refractivity contribution in [3.05, 3.63) is 0 Å². The van der Waals surface area contributed by atoms with Crippen molar-refractivity contribution in [2.75, 3.05) is 0 Å². The van der Waals surface area contributed by atoms with Crippen LogP contribution in [0.1, 0.15) is 40.5 Å². The van der Waals surface area contributed by atoms with Crippen molar-refractivity contribution in [3.63, 3.8) is 0 Å². The molecule has 0 saturated carbocycles. The third-order valence-corrected chi connectivity index (χ3v) is 4.39. The van der Waals surface area contributed by atoms with Gasteiger partial charge in [0.1, 0.15) is 18.1 Å². The lowest BCUT2D eigenvalue weighted by Gasteiger charge is -2.26. The first-order chi connectivity index (χ1) is 13.3. The SMILES string of the molecule is CCC(C)C(N)C(=O)NC(CC(N)=O)C(=O)NC(C(=O)NC(C)C(=O)O)C(C)O. The lowest BCUT2D eigenvalue weighted by atomic mass is 9.99. The first-order valence-electron chi connectivity index (χ1n) is 9.17. The highest BCUT2D eigenvalue weighted by Gasteiger charge is 2.33. The fourth-order valence-electron chi connectivity index (χ4n) is 2.21. The molecular formula is C17H31N5O7. The van der Waals surface area contributed by atoms with Gasteiger partial charge in [-0.2, -0.15) is 0 Å². The molecule has 0 spiro atoms. The Morgan fingerprint density at radius 1 is 0.931 bits per heavy atom. The van der Waals surface area contributed by atoms with Crippen molar-refractivity contribution in [1.29, 1.82) is 0 Å². The Balaban J connectivity index is 5.35. The first kappa shape index (κ1) is 26.3. The summed E-state index contributed by atoms with van der Waals surface area (Å²) in [5, 5.41) is 25.3. The minimum atomic E-state index is -1.53. The minimum Gasteiger partial charge on any atom is -0.480 e. The van der Waals surface area contributed by atoms with Crippen LogP contribution in [0, 0.1) is 5.92 Å². The normalized spacial score (nSPS) is 17.0. The van der Waals surface area contributed by atoms with Crippen molar-refractivity contribution in [2.24, 2.45) is 17.4 Å². The number of primary amides is 1. The molecule has 0 aliphatic heterocycles. The fourth-order valence-corrected chi connectivity index (χ4v) is 2.21. The number of carboxylic acids is 1. The number of hydrogen-bond acceptors (Lipinski definition) is 7. The lowest BCUT2D eigenvalue weighted by Crippen LogP contribution is -2.60. The molecule has 0 bridgehead atoms. The highest BCUT2D eigenvalue weighted by molar-refractivity contribution is 5.96. The van der Waals surface area contributed by atoms with E-state index in [2.05, 4.69) is 16.0 Å². The van der Waals surface area contributed by atoms with Gasteiger partial charge in [0.25, 0.3) is 0 Å². The van der Waals surface area contributed by atoms with E-state index in [4.69, 9.17) is 16.6 Å². The van der Waals surface area contributed by atoms with Gasteiger partial charge in [0.2, 0.25) is 23.6 Å². The summed E-state index contributed by atoms with van der Waals surface area (Å²) in [5.74, 6) is -4.99. The second-order valence-corrected chi connectivity index (χ2v) is 6.94. The zero-order chi connectivity index (χ0) is 22.9. The van der Waals surface area contributed by atoms with Crippen LogP contribution in [-0.4, -0.2) is 70.1 Å².